The molecule has 0 amide bonds. The van der Waals surface area contributed by atoms with Crippen LogP contribution in [0.2, 0.25) is 5.15 Å². The Bertz CT molecular complexity index is 334. The number of rotatable bonds is 3. The maximum atomic E-state index is 5.77. The quantitative estimate of drug-likeness (QED) is 0.790. The lowest BCUT2D eigenvalue weighted by molar-refractivity contribution is 0.0247. The van der Waals surface area contributed by atoms with Crippen LogP contribution in [-0.4, -0.2) is 29.2 Å². The van der Waals surface area contributed by atoms with Gasteiger partial charge in [-0.1, -0.05) is 11.6 Å². The Morgan fingerprint density at radius 3 is 3.06 bits per heavy atom. The highest BCUT2D eigenvalue weighted by atomic mass is 35.5. The zero-order valence-corrected chi connectivity index (χ0v) is 9.70. The van der Waals surface area contributed by atoms with Crippen LogP contribution < -0.4 is 11.1 Å². The monoisotopic (exact) mass is 242 g/mol. The molecule has 0 saturated carbocycles. The molecular weight excluding hydrogens is 228 g/mol. The molecule has 6 heteroatoms. The van der Waals surface area contributed by atoms with Crippen molar-refractivity contribution in [3.8, 4) is 0 Å². The van der Waals surface area contributed by atoms with Crippen molar-refractivity contribution in [2.45, 2.75) is 25.4 Å². The fourth-order valence-corrected chi connectivity index (χ4v) is 1.90. The lowest BCUT2D eigenvalue weighted by Crippen LogP contribution is -2.27. The molecule has 3 N–H and O–H groups in total. The first-order valence-electron chi connectivity index (χ1n) is 5.39. The third kappa shape index (κ3) is 3.21. The summed E-state index contributed by atoms with van der Waals surface area (Å²) in [6, 6.07) is 1.65. The smallest absolute Gasteiger partial charge is 0.223 e. The molecule has 1 aromatic heterocycles. The van der Waals surface area contributed by atoms with E-state index >= 15 is 0 Å². The number of nitrogen functional groups attached to an aromatic ring is 1. The summed E-state index contributed by atoms with van der Waals surface area (Å²) < 4.78 is 5.59. The van der Waals surface area contributed by atoms with Gasteiger partial charge in [-0.2, -0.15) is 4.98 Å². The van der Waals surface area contributed by atoms with Crippen LogP contribution in [0.1, 0.15) is 19.3 Å². The zero-order chi connectivity index (χ0) is 11.4. The number of nitrogens with zero attached hydrogens (tertiary/aromatic N) is 2. The molecule has 88 valence electrons. The van der Waals surface area contributed by atoms with Gasteiger partial charge in [-0.05, 0) is 19.3 Å². The molecule has 2 heterocycles. The van der Waals surface area contributed by atoms with Crippen molar-refractivity contribution in [3.05, 3.63) is 11.2 Å². The summed E-state index contributed by atoms with van der Waals surface area (Å²) in [4.78, 5) is 7.82. The van der Waals surface area contributed by atoms with Gasteiger partial charge in [0.2, 0.25) is 5.95 Å². The van der Waals surface area contributed by atoms with E-state index in [1.807, 2.05) is 0 Å². The van der Waals surface area contributed by atoms with E-state index in [2.05, 4.69) is 15.3 Å². The first kappa shape index (κ1) is 11.4. The maximum absolute atomic E-state index is 5.77. The lowest BCUT2D eigenvalue weighted by atomic mass is 10.1. The normalized spacial score (nSPS) is 20.7. The van der Waals surface area contributed by atoms with E-state index in [1.165, 1.54) is 6.42 Å². The molecular formula is C10H15ClN4O. The Kier molecular flexibility index (Phi) is 3.79. The number of halogens is 1. The summed E-state index contributed by atoms with van der Waals surface area (Å²) in [5.74, 6) is 0.825. The molecule has 0 radical (unpaired) electrons. The van der Waals surface area contributed by atoms with Gasteiger partial charge in [0, 0.05) is 19.2 Å². The SMILES string of the molecule is Nc1nc(Cl)cc(NCC2CCCCO2)n1. The highest BCUT2D eigenvalue weighted by Crippen LogP contribution is 2.15. The third-order valence-electron chi connectivity index (χ3n) is 2.50. The molecule has 5 nitrogen and oxygen atoms in total. The van der Waals surface area contributed by atoms with Crippen molar-refractivity contribution in [2.24, 2.45) is 0 Å². The molecule has 16 heavy (non-hydrogen) atoms. The second-order valence-electron chi connectivity index (χ2n) is 3.80. The summed E-state index contributed by atoms with van der Waals surface area (Å²) in [6.07, 6.45) is 3.71. The van der Waals surface area contributed by atoms with Gasteiger partial charge in [-0.15, -0.1) is 0 Å². The summed E-state index contributed by atoms with van der Waals surface area (Å²) in [6.45, 7) is 1.58. The van der Waals surface area contributed by atoms with Crippen LogP contribution >= 0.6 is 11.6 Å². The van der Waals surface area contributed by atoms with Crippen LogP contribution in [0.3, 0.4) is 0 Å². The Hall–Kier alpha value is -1.07. The summed E-state index contributed by atoms with van der Waals surface area (Å²) in [7, 11) is 0. The number of hydrogen-bond acceptors (Lipinski definition) is 5. The van der Waals surface area contributed by atoms with Gasteiger partial charge >= 0.3 is 0 Å². The molecule has 1 atom stereocenters. The summed E-state index contributed by atoms with van der Waals surface area (Å²) in [5.41, 5.74) is 5.49. The molecule has 0 aliphatic carbocycles. The summed E-state index contributed by atoms with van der Waals surface area (Å²) >= 11 is 5.77. The Balaban J connectivity index is 1.88. The minimum absolute atomic E-state index is 0.180. The average Bonchev–Trinajstić information content (AvgIpc) is 2.27. The van der Waals surface area contributed by atoms with E-state index < -0.39 is 0 Å². The van der Waals surface area contributed by atoms with Crippen molar-refractivity contribution in [1.29, 1.82) is 0 Å². The van der Waals surface area contributed by atoms with E-state index in [4.69, 9.17) is 22.1 Å². The molecule has 1 saturated heterocycles. The van der Waals surface area contributed by atoms with E-state index in [0.717, 1.165) is 26.0 Å². The van der Waals surface area contributed by atoms with Gasteiger partial charge in [0.05, 0.1) is 6.10 Å². The Morgan fingerprint density at radius 1 is 1.50 bits per heavy atom. The van der Waals surface area contributed by atoms with Crippen molar-refractivity contribution in [3.63, 3.8) is 0 Å². The predicted octanol–water partition coefficient (Wildman–Crippen LogP) is 1.69. The molecule has 1 aromatic rings. The average molecular weight is 243 g/mol. The van der Waals surface area contributed by atoms with Gasteiger partial charge in [0.1, 0.15) is 11.0 Å². The number of aromatic nitrogens is 2. The predicted molar refractivity (Wildman–Crippen MR) is 63.5 cm³/mol. The number of hydrogen-bond donors (Lipinski definition) is 2. The molecule has 0 aromatic carbocycles. The Labute approximate surface area is 99.4 Å². The Morgan fingerprint density at radius 2 is 2.38 bits per heavy atom. The first-order chi connectivity index (χ1) is 7.74. The highest BCUT2D eigenvalue weighted by molar-refractivity contribution is 6.29. The minimum Gasteiger partial charge on any atom is -0.376 e. The van der Waals surface area contributed by atoms with Crippen LogP contribution in [0.25, 0.3) is 0 Å². The van der Waals surface area contributed by atoms with E-state index in [0.29, 0.717) is 11.0 Å². The molecule has 1 unspecified atom stereocenters. The number of nitrogens with one attached hydrogen (secondary N) is 1. The van der Waals surface area contributed by atoms with Crippen molar-refractivity contribution in [2.75, 3.05) is 24.2 Å². The van der Waals surface area contributed by atoms with Crippen LogP contribution in [0, 0.1) is 0 Å². The second kappa shape index (κ2) is 5.32. The van der Waals surface area contributed by atoms with Gasteiger partial charge < -0.3 is 15.8 Å². The van der Waals surface area contributed by atoms with Gasteiger partial charge in [-0.25, -0.2) is 4.98 Å². The standard InChI is InChI=1S/C10H15ClN4O/c11-8-5-9(15-10(12)14-8)13-6-7-3-1-2-4-16-7/h5,7H,1-4,6H2,(H3,12,13,14,15). The van der Waals surface area contributed by atoms with Gasteiger partial charge in [0.15, 0.2) is 0 Å². The molecule has 2 rings (SSSR count). The van der Waals surface area contributed by atoms with Crippen LogP contribution in [-0.2, 0) is 4.74 Å². The molecule has 0 bridgehead atoms. The third-order valence-corrected chi connectivity index (χ3v) is 2.69. The number of anilines is 2. The van der Waals surface area contributed by atoms with Crippen molar-refractivity contribution < 1.29 is 4.74 Å². The molecule has 0 spiro atoms. The van der Waals surface area contributed by atoms with Crippen LogP contribution in [0.5, 0.6) is 0 Å². The lowest BCUT2D eigenvalue weighted by Gasteiger charge is -2.22. The molecule has 1 aliphatic heterocycles. The molecule has 1 fully saturated rings. The minimum atomic E-state index is 0.180. The highest BCUT2D eigenvalue weighted by Gasteiger charge is 2.13. The van der Waals surface area contributed by atoms with Gasteiger partial charge in [-0.3, -0.25) is 0 Å². The first-order valence-corrected chi connectivity index (χ1v) is 5.77. The van der Waals surface area contributed by atoms with Crippen molar-refractivity contribution >= 4 is 23.4 Å². The molecule has 1 aliphatic rings. The van der Waals surface area contributed by atoms with Crippen LogP contribution in [0.4, 0.5) is 11.8 Å². The van der Waals surface area contributed by atoms with Crippen LogP contribution in [0.15, 0.2) is 6.07 Å². The fraction of sp³-hybridized carbons (Fsp3) is 0.600. The number of ether oxygens (including phenoxy) is 1. The van der Waals surface area contributed by atoms with Crippen molar-refractivity contribution in [1.82, 2.24) is 9.97 Å². The van der Waals surface area contributed by atoms with Gasteiger partial charge in [0.25, 0.3) is 0 Å². The fourth-order valence-electron chi connectivity index (χ4n) is 1.71. The summed E-state index contributed by atoms with van der Waals surface area (Å²) in [5, 5.41) is 3.50. The zero-order valence-electron chi connectivity index (χ0n) is 8.95. The maximum Gasteiger partial charge on any atom is 0.223 e. The van der Waals surface area contributed by atoms with E-state index in [9.17, 15) is 0 Å². The van der Waals surface area contributed by atoms with E-state index in [1.54, 1.807) is 6.07 Å². The topological polar surface area (TPSA) is 73.1 Å². The largest absolute Gasteiger partial charge is 0.376 e. The number of nitrogens with two attached hydrogens (primary N) is 1. The van der Waals surface area contributed by atoms with E-state index in [-0.39, 0.29) is 12.1 Å². The second-order valence-corrected chi connectivity index (χ2v) is 4.19.